The molecule has 11 nitrogen and oxygen atoms in total. The first-order chi connectivity index (χ1) is 22.1. The Bertz CT molecular complexity index is 1830. The Morgan fingerprint density at radius 2 is 1.76 bits per heavy atom. The van der Waals surface area contributed by atoms with Gasteiger partial charge in [0.2, 0.25) is 11.8 Å². The number of benzene rings is 2. The summed E-state index contributed by atoms with van der Waals surface area (Å²) in [5, 5.41) is 0. The minimum atomic E-state index is -4.16. The highest BCUT2D eigenvalue weighted by Crippen LogP contribution is 2.31. The van der Waals surface area contributed by atoms with E-state index in [9.17, 15) is 13.2 Å². The van der Waals surface area contributed by atoms with E-state index in [2.05, 4.69) is 38.5 Å². The Labute approximate surface area is 269 Å². The van der Waals surface area contributed by atoms with Gasteiger partial charge in [0.25, 0.3) is 15.9 Å². The molecule has 12 heteroatoms. The number of anilines is 1. The maximum Gasteiger partial charge on any atom is 0.264 e. The van der Waals surface area contributed by atoms with Crippen LogP contribution in [0.1, 0.15) is 66.8 Å². The third kappa shape index (κ3) is 6.67. The SMILES string of the molecule is CC[C@@H](C)[C@@H]1COc2cc(-c3c(C)cccc3C)nc(n2)NS(=O)(=O)c2cccc(c2)C(=O)N1Cc1ncc(OC2CCC2)cn1. The van der Waals surface area contributed by atoms with Crippen molar-refractivity contribution in [3.8, 4) is 22.9 Å². The van der Waals surface area contributed by atoms with Crippen LogP contribution in [0.15, 0.2) is 65.8 Å². The molecule has 1 aliphatic heterocycles. The number of hydrogen-bond donors (Lipinski definition) is 1. The molecule has 1 amide bonds. The summed E-state index contributed by atoms with van der Waals surface area (Å²) in [6.45, 7) is 8.23. The Morgan fingerprint density at radius 3 is 2.43 bits per heavy atom. The van der Waals surface area contributed by atoms with E-state index in [1.165, 1.54) is 12.1 Å². The molecule has 2 atom stereocenters. The zero-order valence-corrected chi connectivity index (χ0v) is 27.3. The molecule has 0 unspecified atom stereocenters. The lowest BCUT2D eigenvalue weighted by Crippen LogP contribution is -2.47. The fraction of sp³-hybridized carbons (Fsp3) is 0.382. The van der Waals surface area contributed by atoms with Crippen molar-refractivity contribution in [1.82, 2.24) is 24.8 Å². The Hall–Kier alpha value is -4.58. The van der Waals surface area contributed by atoms with Crippen molar-refractivity contribution in [2.75, 3.05) is 11.3 Å². The molecule has 2 aromatic carbocycles. The van der Waals surface area contributed by atoms with Crippen molar-refractivity contribution in [1.29, 1.82) is 0 Å². The van der Waals surface area contributed by atoms with E-state index in [0.29, 0.717) is 17.3 Å². The molecule has 6 rings (SSSR count). The Kier molecular flexibility index (Phi) is 8.90. The molecule has 1 saturated carbocycles. The smallest absolute Gasteiger partial charge is 0.264 e. The van der Waals surface area contributed by atoms with Gasteiger partial charge in [-0.15, -0.1) is 0 Å². The van der Waals surface area contributed by atoms with Crippen molar-refractivity contribution in [2.45, 2.75) is 77.0 Å². The van der Waals surface area contributed by atoms with Gasteiger partial charge in [0.1, 0.15) is 12.4 Å². The van der Waals surface area contributed by atoms with Gasteiger partial charge in [0.05, 0.1) is 41.7 Å². The second-order valence-corrected chi connectivity index (χ2v) is 13.7. The fourth-order valence-electron chi connectivity index (χ4n) is 5.70. The lowest BCUT2D eigenvalue weighted by atomic mass is 9.96. The Balaban J connectivity index is 1.43. The minimum Gasteiger partial charge on any atom is -0.487 e. The standard InChI is InChI=1S/C34H38N6O5S/c1-5-21(2)29-20-44-31-16-28(32-22(3)9-6-10-23(32)4)37-34(38-31)39-46(42,43)27-14-7-11-24(15-27)33(41)40(29)19-30-35-17-26(18-36-30)45-25-12-8-13-25/h6-7,9-11,14-18,21,25,29H,5,8,12-13,19-20H2,1-4H3,(H,37,38,39)/t21-,29+/m1/s1. The van der Waals surface area contributed by atoms with Gasteiger partial charge in [-0.3, -0.25) is 4.79 Å². The fourth-order valence-corrected chi connectivity index (χ4v) is 6.68. The van der Waals surface area contributed by atoms with Crippen LogP contribution in [0.4, 0.5) is 5.95 Å². The molecule has 4 aromatic rings. The zero-order chi connectivity index (χ0) is 32.4. The van der Waals surface area contributed by atoms with Crippen LogP contribution in [0.5, 0.6) is 11.6 Å². The molecule has 3 heterocycles. The first kappa shape index (κ1) is 31.4. The highest BCUT2D eigenvalue weighted by Gasteiger charge is 2.32. The van der Waals surface area contributed by atoms with Crippen molar-refractivity contribution in [3.05, 3.63) is 83.4 Å². The number of carbonyl (C=O) groups excluding carboxylic acids is 1. The van der Waals surface area contributed by atoms with E-state index < -0.39 is 16.1 Å². The van der Waals surface area contributed by atoms with Gasteiger partial charge in [-0.25, -0.2) is 28.1 Å². The minimum absolute atomic E-state index is 0.000248. The number of aromatic nitrogens is 4. The molecule has 240 valence electrons. The number of rotatable bonds is 7. The van der Waals surface area contributed by atoms with Crippen LogP contribution in [0.25, 0.3) is 11.3 Å². The van der Waals surface area contributed by atoms with Crippen molar-refractivity contribution >= 4 is 21.9 Å². The number of carbonyl (C=O) groups is 1. The predicted octanol–water partition coefficient (Wildman–Crippen LogP) is 5.73. The third-order valence-electron chi connectivity index (χ3n) is 8.77. The summed E-state index contributed by atoms with van der Waals surface area (Å²) >= 11 is 0. The molecular weight excluding hydrogens is 604 g/mol. The van der Waals surface area contributed by atoms with E-state index in [-0.39, 0.29) is 53.4 Å². The highest BCUT2D eigenvalue weighted by atomic mass is 32.2. The molecule has 46 heavy (non-hydrogen) atoms. The average molecular weight is 643 g/mol. The van der Waals surface area contributed by atoms with Gasteiger partial charge in [-0.2, -0.15) is 4.98 Å². The van der Waals surface area contributed by atoms with Crippen LogP contribution in [-0.4, -0.2) is 57.9 Å². The number of nitrogens with zero attached hydrogens (tertiary/aromatic N) is 5. The number of ether oxygens (including phenoxy) is 2. The predicted molar refractivity (Wildman–Crippen MR) is 173 cm³/mol. The molecule has 0 radical (unpaired) electrons. The molecular formula is C34H38N6O5S. The summed E-state index contributed by atoms with van der Waals surface area (Å²) in [5.41, 5.74) is 3.54. The summed E-state index contributed by atoms with van der Waals surface area (Å²) in [5.74, 6) is 0.721. The van der Waals surface area contributed by atoms with Crippen molar-refractivity contribution in [3.63, 3.8) is 0 Å². The molecule has 1 N–H and O–H groups in total. The summed E-state index contributed by atoms with van der Waals surface area (Å²) in [6.07, 6.45) is 7.41. The second-order valence-electron chi connectivity index (χ2n) is 12.0. The maximum atomic E-state index is 14.3. The largest absolute Gasteiger partial charge is 0.487 e. The molecule has 0 spiro atoms. The number of fused-ring (bicyclic) bond motifs is 4. The van der Waals surface area contributed by atoms with Gasteiger partial charge in [0.15, 0.2) is 5.75 Å². The van der Waals surface area contributed by atoms with Crippen LogP contribution in [0.2, 0.25) is 0 Å². The lowest BCUT2D eigenvalue weighted by molar-refractivity contribution is 0.0476. The molecule has 1 fully saturated rings. The number of aryl methyl sites for hydroxylation is 2. The highest BCUT2D eigenvalue weighted by molar-refractivity contribution is 7.92. The quantitative estimate of drug-likeness (QED) is 0.268. The van der Waals surface area contributed by atoms with E-state index in [1.54, 1.807) is 35.5 Å². The third-order valence-corrected chi connectivity index (χ3v) is 10.1. The van der Waals surface area contributed by atoms with Crippen LogP contribution >= 0.6 is 0 Å². The van der Waals surface area contributed by atoms with Gasteiger partial charge in [-0.05, 0) is 68.4 Å². The average Bonchev–Trinajstić information content (AvgIpc) is 3.02. The van der Waals surface area contributed by atoms with Crippen molar-refractivity contribution in [2.24, 2.45) is 5.92 Å². The topological polar surface area (TPSA) is 136 Å². The lowest BCUT2D eigenvalue weighted by Gasteiger charge is -2.35. The molecule has 1 aliphatic carbocycles. The van der Waals surface area contributed by atoms with E-state index in [4.69, 9.17) is 9.47 Å². The number of nitrogens with one attached hydrogen (secondary N) is 1. The van der Waals surface area contributed by atoms with Gasteiger partial charge in [-0.1, -0.05) is 44.5 Å². The molecule has 2 aromatic heterocycles. The monoisotopic (exact) mass is 642 g/mol. The second kappa shape index (κ2) is 13.0. The number of sulfonamides is 1. The molecule has 0 saturated heterocycles. The van der Waals surface area contributed by atoms with Crippen LogP contribution in [0.3, 0.4) is 0 Å². The van der Waals surface area contributed by atoms with Gasteiger partial charge in [0, 0.05) is 17.2 Å². The van der Waals surface area contributed by atoms with Gasteiger partial charge < -0.3 is 14.4 Å². The summed E-state index contributed by atoms with van der Waals surface area (Å²) < 4.78 is 41.9. The molecule has 2 aliphatic rings. The van der Waals surface area contributed by atoms with E-state index >= 15 is 0 Å². The van der Waals surface area contributed by atoms with Crippen LogP contribution < -0.4 is 14.2 Å². The van der Waals surface area contributed by atoms with Crippen molar-refractivity contribution < 1.29 is 22.7 Å². The number of hydrogen-bond acceptors (Lipinski definition) is 9. The van der Waals surface area contributed by atoms with Crippen LogP contribution in [-0.2, 0) is 16.6 Å². The number of amides is 1. The zero-order valence-electron chi connectivity index (χ0n) is 26.4. The van der Waals surface area contributed by atoms with E-state index in [1.807, 2.05) is 32.0 Å². The van der Waals surface area contributed by atoms with E-state index in [0.717, 1.165) is 42.4 Å². The normalized spacial score (nSPS) is 18.6. The maximum absolute atomic E-state index is 14.3. The molecule has 4 bridgehead atoms. The first-order valence-corrected chi connectivity index (χ1v) is 17.1. The summed E-state index contributed by atoms with van der Waals surface area (Å²) in [4.78, 5) is 33.9. The van der Waals surface area contributed by atoms with Crippen LogP contribution in [0, 0.1) is 19.8 Å². The van der Waals surface area contributed by atoms with Gasteiger partial charge >= 0.3 is 0 Å². The first-order valence-electron chi connectivity index (χ1n) is 15.6. The summed E-state index contributed by atoms with van der Waals surface area (Å²) in [6, 6.07) is 13.1. The summed E-state index contributed by atoms with van der Waals surface area (Å²) in [7, 11) is -4.16. The Morgan fingerprint density at radius 1 is 1.04 bits per heavy atom.